The third-order valence-electron chi connectivity index (χ3n) is 11.5. The van der Waals surface area contributed by atoms with Crippen LogP contribution in [-0.2, 0) is 0 Å². The van der Waals surface area contributed by atoms with E-state index >= 15 is 0 Å². The SMILES string of the molecule is N#Cc1ccc2c(c1)c1ccccc1n2-c1ccc2sc3ccc(-n4c5ccc(C#N)cc5c5ccc6c7ccccc7n(-c7ccccc7)c6c54)cc3c2c1. The molecule has 258 valence electrons. The second-order valence-corrected chi connectivity index (χ2v) is 15.5. The van der Waals surface area contributed by atoms with Crippen LogP contribution in [0, 0.1) is 22.7 Å². The first kappa shape index (κ1) is 30.8. The Morgan fingerprint density at radius 3 is 1.43 bits per heavy atom. The second kappa shape index (κ2) is 11.4. The number of benzene rings is 8. The summed E-state index contributed by atoms with van der Waals surface area (Å²) < 4.78 is 9.55. The van der Waals surface area contributed by atoms with Gasteiger partial charge in [0.2, 0.25) is 0 Å². The summed E-state index contributed by atoms with van der Waals surface area (Å²) in [5.41, 5.74) is 11.2. The number of nitriles is 2. The number of nitrogens with zero attached hydrogens (tertiary/aromatic N) is 5. The lowest BCUT2D eigenvalue weighted by Gasteiger charge is -2.13. The zero-order chi connectivity index (χ0) is 37.1. The number of fused-ring (bicyclic) bond motifs is 13. The lowest BCUT2D eigenvalue weighted by atomic mass is 10.1. The Bertz CT molecular complexity index is 3730. The highest BCUT2D eigenvalue weighted by atomic mass is 32.1. The molecule has 0 unspecified atom stereocenters. The number of rotatable bonds is 3. The van der Waals surface area contributed by atoms with Gasteiger partial charge in [-0.1, -0.05) is 66.7 Å². The van der Waals surface area contributed by atoms with Crippen molar-refractivity contribution in [2.75, 3.05) is 0 Å². The summed E-state index contributed by atoms with van der Waals surface area (Å²) in [6.45, 7) is 0. The summed E-state index contributed by atoms with van der Waals surface area (Å²) in [4.78, 5) is 0. The standard InChI is InChI=1S/C50H27N5S/c51-28-30-14-20-45-39(24-30)36-11-5-6-12-43(36)53(45)33-16-22-47-41(26-33)42-27-34(17-23-48(42)56-47)55-46-21-15-31(29-52)25-40(46)38-19-18-37-35-10-4-7-13-44(35)54(49(37)50(38)55)32-8-2-1-3-9-32/h1-27H. The fraction of sp³-hybridized carbons (Fsp3) is 0. The number of aromatic nitrogens is 3. The Kier molecular flexibility index (Phi) is 6.28. The lowest BCUT2D eigenvalue weighted by molar-refractivity contribution is 1.15. The monoisotopic (exact) mass is 729 g/mol. The smallest absolute Gasteiger partial charge is 0.0991 e. The molecule has 56 heavy (non-hydrogen) atoms. The molecule has 0 aliphatic heterocycles. The summed E-state index contributed by atoms with van der Waals surface area (Å²) in [5.74, 6) is 0. The van der Waals surface area contributed by atoms with E-state index in [0.717, 1.165) is 71.7 Å². The fourth-order valence-electron chi connectivity index (χ4n) is 9.09. The maximum atomic E-state index is 10.0. The highest BCUT2D eigenvalue weighted by Crippen LogP contribution is 2.44. The highest BCUT2D eigenvalue weighted by Gasteiger charge is 2.22. The van der Waals surface area contributed by atoms with Crippen LogP contribution in [0.5, 0.6) is 0 Å². The first-order valence-electron chi connectivity index (χ1n) is 18.5. The van der Waals surface area contributed by atoms with Gasteiger partial charge >= 0.3 is 0 Å². The predicted octanol–water partition coefficient (Wildman–Crippen LogP) is 13.1. The van der Waals surface area contributed by atoms with E-state index < -0.39 is 0 Å². The number of thiophene rings is 1. The van der Waals surface area contributed by atoms with Gasteiger partial charge in [-0.25, -0.2) is 0 Å². The predicted molar refractivity (Wildman–Crippen MR) is 232 cm³/mol. The van der Waals surface area contributed by atoms with Crippen molar-refractivity contribution in [2.45, 2.75) is 0 Å². The van der Waals surface area contributed by atoms with Gasteiger partial charge in [0, 0.05) is 69.6 Å². The van der Waals surface area contributed by atoms with Crippen molar-refractivity contribution in [2.24, 2.45) is 0 Å². The van der Waals surface area contributed by atoms with E-state index in [1.165, 1.54) is 30.9 Å². The summed E-state index contributed by atoms with van der Waals surface area (Å²) in [6, 6.07) is 62.5. The van der Waals surface area contributed by atoms with Crippen LogP contribution in [0.15, 0.2) is 164 Å². The van der Waals surface area contributed by atoms with E-state index in [1.807, 2.05) is 35.6 Å². The molecule has 4 aromatic heterocycles. The quantitative estimate of drug-likeness (QED) is 0.182. The van der Waals surface area contributed by atoms with E-state index in [1.54, 1.807) is 0 Å². The normalized spacial score (nSPS) is 11.9. The van der Waals surface area contributed by atoms with Crippen LogP contribution in [0.4, 0.5) is 0 Å². The maximum absolute atomic E-state index is 10.0. The summed E-state index contributed by atoms with van der Waals surface area (Å²) >= 11 is 1.81. The molecule has 0 saturated carbocycles. The van der Waals surface area contributed by atoms with Gasteiger partial charge in [0.15, 0.2) is 0 Å². The molecule has 12 aromatic rings. The molecular formula is C50H27N5S. The molecule has 5 nitrogen and oxygen atoms in total. The summed E-state index contributed by atoms with van der Waals surface area (Å²) in [5, 5.41) is 28.8. The maximum Gasteiger partial charge on any atom is 0.0991 e. The average Bonchev–Trinajstić information content (AvgIpc) is 3.99. The number of hydrogen-bond acceptors (Lipinski definition) is 3. The van der Waals surface area contributed by atoms with Crippen molar-refractivity contribution in [3.05, 3.63) is 175 Å². The fourth-order valence-corrected chi connectivity index (χ4v) is 10.2. The van der Waals surface area contributed by atoms with Crippen LogP contribution < -0.4 is 0 Å². The molecule has 0 atom stereocenters. The van der Waals surface area contributed by atoms with Crippen molar-refractivity contribution < 1.29 is 0 Å². The summed E-state index contributed by atoms with van der Waals surface area (Å²) in [6.07, 6.45) is 0. The van der Waals surface area contributed by atoms with E-state index in [4.69, 9.17) is 0 Å². The molecule has 0 radical (unpaired) electrons. The van der Waals surface area contributed by atoms with Crippen LogP contribution >= 0.6 is 11.3 Å². The van der Waals surface area contributed by atoms with Gasteiger partial charge in [0.1, 0.15) is 0 Å². The molecule has 6 heteroatoms. The second-order valence-electron chi connectivity index (χ2n) is 14.4. The van der Waals surface area contributed by atoms with Crippen LogP contribution in [0.3, 0.4) is 0 Å². The Morgan fingerprint density at radius 2 is 0.804 bits per heavy atom. The largest absolute Gasteiger partial charge is 0.309 e. The Balaban J connectivity index is 1.17. The average molecular weight is 730 g/mol. The van der Waals surface area contributed by atoms with E-state index in [2.05, 4.69) is 165 Å². The van der Waals surface area contributed by atoms with Gasteiger partial charge in [-0.15, -0.1) is 11.3 Å². The topological polar surface area (TPSA) is 62.4 Å². The molecule has 0 saturated heterocycles. The lowest BCUT2D eigenvalue weighted by Crippen LogP contribution is -1.98. The third-order valence-corrected chi connectivity index (χ3v) is 12.6. The molecule has 4 heterocycles. The molecule has 0 amide bonds. The molecule has 0 fully saturated rings. The van der Waals surface area contributed by atoms with E-state index in [-0.39, 0.29) is 0 Å². The highest BCUT2D eigenvalue weighted by molar-refractivity contribution is 7.25. The van der Waals surface area contributed by atoms with E-state index in [9.17, 15) is 10.5 Å². The minimum atomic E-state index is 0.640. The van der Waals surface area contributed by atoms with Crippen molar-refractivity contribution in [1.82, 2.24) is 13.7 Å². The molecule has 0 spiro atoms. The Hall–Kier alpha value is -7.64. The Morgan fingerprint density at radius 1 is 0.339 bits per heavy atom. The van der Waals surface area contributed by atoms with Gasteiger partial charge in [-0.3, -0.25) is 0 Å². The molecule has 8 aromatic carbocycles. The van der Waals surface area contributed by atoms with Gasteiger partial charge in [0.25, 0.3) is 0 Å². The molecule has 0 aliphatic carbocycles. The Labute approximate surface area is 323 Å². The first-order chi connectivity index (χ1) is 27.7. The molecular weight excluding hydrogens is 703 g/mol. The zero-order valence-corrected chi connectivity index (χ0v) is 30.5. The summed E-state index contributed by atoms with van der Waals surface area (Å²) in [7, 11) is 0. The minimum Gasteiger partial charge on any atom is -0.309 e. The van der Waals surface area contributed by atoms with Crippen LogP contribution in [0.2, 0.25) is 0 Å². The molecule has 0 N–H and O–H groups in total. The number of hydrogen-bond donors (Lipinski definition) is 0. The van der Waals surface area contributed by atoms with Gasteiger partial charge in [-0.05, 0) is 97.1 Å². The van der Waals surface area contributed by atoms with Crippen molar-refractivity contribution in [3.8, 4) is 29.2 Å². The van der Waals surface area contributed by atoms with E-state index in [0.29, 0.717) is 11.1 Å². The van der Waals surface area contributed by atoms with Crippen molar-refractivity contribution in [1.29, 1.82) is 10.5 Å². The van der Waals surface area contributed by atoms with Crippen molar-refractivity contribution in [3.63, 3.8) is 0 Å². The van der Waals surface area contributed by atoms with Crippen LogP contribution in [0.25, 0.3) is 103 Å². The van der Waals surface area contributed by atoms with Gasteiger partial charge in [-0.2, -0.15) is 10.5 Å². The van der Waals surface area contributed by atoms with Crippen LogP contribution in [0.1, 0.15) is 11.1 Å². The third kappa shape index (κ3) is 4.16. The van der Waals surface area contributed by atoms with Crippen LogP contribution in [-0.4, -0.2) is 13.7 Å². The first-order valence-corrected chi connectivity index (χ1v) is 19.4. The van der Waals surface area contributed by atoms with Gasteiger partial charge < -0.3 is 13.7 Å². The molecule has 12 rings (SSSR count). The molecule has 0 bridgehead atoms. The van der Waals surface area contributed by atoms with Crippen molar-refractivity contribution >= 4 is 96.9 Å². The molecule has 0 aliphatic rings. The minimum absolute atomic E-state index is 0.640. The zero-order valence-electron chi connectivity index (χ0n) is 29.7. The van der Waals surface area contributed by atoms with Gasteiger partial charge in [0.05, 0.1) is 56.4 Å². The number of para-hydroxylation sites is 3.